The largest absolute Gasteiger partial charge is 0.315 e. The van der Waals surface area contributed by atoms with Crippen molar-refractivity contribution in [2.24, 2.45) is 33.5 Å². The third-order valence-corrected chi connectivity index (χ3v) is 13.6. The Balaban J connectivity index is 0.000000147. The Kier molecular flexibility index (Phi) is 6.56. The summed E-state index contributed by atoms with van der Waals surface area (Å²) >= 11 is 0. The van der Waals surface area contributed by atoms with E-state index in [2.05, 4.69) is 67.5 Å². The molecular weight excluding hydrogens is 572 g/mol. The fourth-order valence-electron chi connectivity index (χ4n) is 10.9. The van der Waals surface area contributed by atoms with Gasteiger partial charge < -0.3 is 9.80 Å². The van der Waals surface area contributed by atoms with E-state index in [0.29, 0.717) is 11.6 Å². The van der Waals surface area contributed by atoms with E-state index in [-0.39, 0.29) is 69.0 Å². The number of fused-ring (bicyclic) bond motifs is 6. The van der Waals surface area contributed by atoms with Gasteiger partial charge in [0, 0.05) is 49.1 Å². The van der Waals surface area contributed by atoms with Crippen LogP contribution in [-0.4, -0.2) is 37.5 Å². The Bertz CT molecular complexity index is 1590. The Labute approximate surface area is 274 Å². The van der Waals surface area contributed by atoms with E-state index in [4.69, 9.17) is 0 Å². The first-order chi connectivity index (χ1) is 21.4. The minimum absolute atomic E-state index is 0.0266. The van der Waals surface area contributed by atoms with Crippen LogP contribution in [0, 0.1) is 33.5 Å². The number of likely N-dealkylation sites (N-methyl/N-ethyl adjacent to an activating group) is 2. The number of nitrogens with zero attached hydrogens (tertiary/aromatic N) is 2. The molecule has 2 aromatic rings. The number of carbonyl (C=O) groups excluding carboxylic acids is 4. The smallest absolute Gasteiger partial charge is 0.234 e. The summed E-state index contributed by atoms with van der Waals surface area (Å²) < 4.78 is 0. The molecule has 2 amide bonds. The quantitative estimate of drug-likeness (QED) is 0.301. The first-order valence-corrected chi connectivity index (χ1v) is 17.2. The molecule has 2 aromatic carbocycles. The third-order valence-electron chi connectivity index (χ3n) is 13.6. The van der Waals surface area contributed by atoms with E-state index in [1.54, 1.807) is 9.80 Å². The molecule has 244 valence electrons. The average molecular weight is 623 g/mol. The fourth-order valence-corrected chi connectivity index (χ4v) is 10.9. The number of anilines is 2. The van der Waals surface area contributed by atoms with Crippen molar-refractivity contribution in [1.29, 1.82) is 0 Å². The highest BCUT2D eigenvalue weighted by Gasteiger charge is 2.61. The van der Waals surface area contributed by atoms with Crippen molar-refractivity contribution in [3.05, 3.63) is 58.7 Å². The van der Waals surface area contributed by atoms with Gasteiger partial charge in [0.25, 0.3) is 0 Å². The van der Waals surface area contributed by atoms with Gasteiger partial charge in [-0.3, -0.25) is 19.2 Å². The van der Waals surface area contributed by atoms with Crippen LogP contribution in [0.2, 0.25) is 0 Å². The van der Waals surface area contributed by atoms with E-state index in [9.17, 15) is 19.2 Å². The van der Waals surface area contributed by atoms with Crippen LogP contribution in [-0.2, 0) is 19.2 Å². The first kappa shape index (κ1) is 31.3. The summed E-state index contributed by atoms with van der Waals surface area (Å²) in [6.45, 7) is 17.3. The predicted octanol–water partition coefficient (Wildman–Crippen LogP) is 7.75. The molecule has 0 N–H and O–H groups in total. The number of carbonyl (C=O) groups is 4. The zero-order chi connectivity index (χ0) is 33.5. The molecule has 0 saturated heterocycles. The van der Waals surface area contributed by atoms with Crippen molar-refractivity contribution in [3.8, 4) is 0 Å². The predicted molar refractivity (Wildman–Crippen MR) is 181 cm³/mol. The molecule has 0 radical (unpaired) electrons. The number of hydrogen-bond acceptors (Lipinski definition) is 4. The van der Waals surface area contributed by atoms with Crippen LogP contribution in [0.4, 0.5) is 11.4 Å². The second kappa shape index (κ2) is 9.64. The highest BCUT2D eigenvalue weighted by molar-refractivity contribution is 6.09. The summed E-state index contributed by atoms with van der Waals surface area (Å²) in [7, 11) is 3.73. The second-order valence-electron chi connectivity index (χ2n) is 17.7. The fraction of sp³-hybridized carbons (Fsp3) is 0.600. The lowest BCUT2D eigenvalue weighted by Crippen LogP contribution is -2.45. The monoisotopic (exact) mass is 622 g/mol. The van der Waals surface area contributed by atoms with Gasteiger partial charge in [-0.2, -0.15) is 0 Å². The van der Waals surface area contributed by atoms with Gasteiger partial charge in [0.05, 0.1) is 11.8 Å². The van der Waals surface area contributed by atoms with Gasteiger partial charge in [-0.05, 0) is 81.7 Å². The maximum atomic E-state index is 13.4. The lowest BCUT2D eigenvalue weighted by molar-refractivity contribution is -0.137. The van der Waals surface area contributed by atoms with E-state index in [0.717, 1.165) is 59.3 Å². The molecule has 2 saturated carbocycles. The van der Waals surface area contributed by atoms with E-state index < -0.39 is 0 Å². The molecule has 0 spiro atoms. The molecule has 2 heterocycles. The molecule has 0 aromatic heterocycles. The molecule has 6 aliphatic rings. The van der Waals surface area contributed by atoms with Crippen LogP contribution in [0.1, 0.15) is 127 Å². The molecule has 6 nitrogen and oxygen atoms in total. The van der Waals surface area contributed by atoms with Gasteiger partial charge in [0.15, 0.2) is 0 Å². The molecule has 8 rings (SSSR count). The van der Waals surface area contributed by atoms with Gasteiger partial charge in [-0.25, -0.2) is 0 Å². The summed E-state index contributed by atoms with van der Waals surface area (Å²) in [5.74, 6) is 0.403. The molecule has 6 atom stereocenters. The molecule has 46 heavy (non-hydrogen) atoms. The lowest BCUT2D eigenvalue weighted by atomic mass is 9.58. The number of hydrogen-bond donors (Lipinski definition) is 0. The Morgan fingerprint density at radius 2 is 0.891 bits per heavy atom. The van der Waals surface area contributed by atoms with Crippen molar-refractivity contribution < 1.29 is 19.2 Å². The van der Waals surface area contributed by atoms with E-state index in [1.807, 2.05) is 38.4 Å². The Hall–Kier alpha value is -3.28. The molecule has 4 aliphatic carbocycles. The SMILES string of the molecule is CN1C(=O)[C@@H]2c3c(cccc31)[C@@H]1C(=O)[C@@H](CCC1(C)C)C2(C)C.CN1C(=O)[C@H]2c3c(cccc31)[C@H]1C(=O)[C@H](CCC1(C)C)C2(C)C. The highest BCUT2D eigenvalue weighted by Crippen LogP contribution is 2.63. The molecule has 0 unspecified atom stereocenters. The zero-order valence-corrected chi connectivity index (χ0v) is 29.3. The number of benzene rings is 2. The van der Waals surface area contributed by atoms with Crippen molar-refractivity contribution in [2.45, 2.75) is 105 Å². The van der Waals surface area contributed by atoms with Crippen molar-refractivity contribution >= 4 is 34.8 Å². The number of amides is 2. The summed E-state index contributed by atoms with van der Waals surface area (Å²) in [5, 5.41) is 0. The van der Waals surface area contributed by atoms with Gasteiger partial charge in [-0.15, -0.1) is 0 Å². The summed E-state index contributed by atoms with van der Waals surface area (Å²) in [6.07, 6.45) is 3.87. The van der Waals surface area contributed by atoms with E-state index in [1.165, 1.54) is 0 Å². The topological polar surface area (TPSA) is 74.8 Å². The normalized spacial score (nSPS) is 33.4. The molecular formula is C40H50N2O4. The third kappa shape index (κ3) is 3.88. The number of rotatable bonds is 0. The zero-order valence-electron chi connectivity index (χ0n) is 29.3. The number of ketones is 2. The van der Waals surface area contributed by atoms with Crippen molar-refractivity contribution in [3.63, 3.8) is 0 Å². The Morgan fingerprint density at radius 3 is 1.24 bits per heavy atom. The molecule has 4 bridgehead atoms. The second-order valence-corrected chi connectivity index (χ2v) is 17.7. The first-order valence-electron chi connectivity index (χ1n) is 17.2. The lowest BCUT2D eigenvalue weighted by Gasteiger charge is -2.44. The van der Waals surface area contributed by atoms with Crippen LogP contribution in [0.15, 0.2) is 36.4 Å². The van der Waals surface area contributed by atoms with Gasteiger partial charge >= 0.3 is 0 Å². The minimum Gasteiger partial charge on any atom is -0.315 e. The maximum absolute atomic E-state index is 13.4. The van der Waals surface area contributed by atoms with E-state index >= 15 is 0 Å². The summed E-state index contributed by atoms with van der Waals surface area (Å²) in [6, 6.07) is 12.2. The van der Waals surface area contributed by atoms with Gasteiger partial charge in [0.2, 0.25) is 11.8 Å². The van der Waals surface area contributed by atoms with Crippen LogP contribution in [0.25, 0.3) is 0 Å². The van der Waals surface area contributed by atoms with Crippen LogP contribution in [0.3, 0.4) is 0 Å². The standard InChI is InChI=1S/2C20H25NO2/c2*1-19(2)10-9-12-17(22)15(19)11-7-6-8-13-14(11)16(20(12,3)4)18(23)21(13)5/h2*6-8,12,15-16H,9-10H2,1-5H3/t2*12-,15-,16+/m10/s1. The molecule has 2 fully saturated rings. The van der Waals surface area contributed by atoms with Crippen LogP contribution < -0.4 is 9.80 Å². The van der Waals surface area contributed by atoms with Crippen LogP contribution in [0.5, 0.6) is 0 Å². The molecule has 6 heteroatoms. The minimum atomic E-state index is -0.324. The molecule has 2 aliphatic heterocycles. The van der Waals surface area contributed by atoms with Crippen molar-refractivity contribution in [2.75, 3.05) is 23.9 Å². The highest BCUT2D eigenvalue weighted by atomic mass is 16.2. The number of Topliss-reactive ketones (excluding diaryl/α,β-unsaturated/α-hetero) is 2. The average Bonchev–Trinajstić information content (AvgIpc) is 3.34. The summed E-state index contributed by atoms with van der Waals surface area (Å²) in [5.41, 5.74) is 5.73. The van der Waals surface area contributed by atoms with Crippen LogP contribution >= 0.6 is 0 Å². The van der Waals surface area contributed by atoms with Crippen molar-refractivity contribution in [1.82, 2.24) is 0 Å². The Morgan fingerprint density at radius 1 is 0.543 bits per heavy atom. The maximum Gasteiger partial charge on any atom is 0.234 e. The summed E-state index contributed by atoms with van der Waals surface area (Å²) in [4.78, 5) is 56.4. The van der Waals surface area contributed by atoms with Gasteiger partial charge in [-0.1, -0.05) is 79.7 Å². The van der Waals surface area contributed by atoms with Gasteiger partial charge in [0.1, 0.15) is 11.6 Å².